The fraction of sp³-hybridized carbons (Fsp3) is 0.400. The second kappa shape index (κ2) is 5.08. The maximum Gasteiger partial charge on any atom is 0.236 e. The van der Waals surface area contributed by atoms with Crippen molar-refractivity contribution < 1.29 is 9.09 Å². The Morgan fingerprint density at radius 2 is 1.85 bits per heavy atom. The Balaban J connectivity index is 2.64. The zero-order valence-electron chi connectivity index (χ0n) is 8.04. The van der Waals surface area contributed by atoms with Gasteiger partial charge in [-0.25, -0.2) is 0 Å². The van der Waals surface area contributed by atoms with Gasteiger partial charge in [-0.2, -0.15) is 0 Å². The molecule has 0 heterocycles. The van der Waals surface area contributed by atoms with Crippen LogP contribution in [0.2, 0.25) is 0 Å². The first-order chi connectivity index (χ1) is 6.26. The highest BCUT2D eigenvalue weighted by Gasteiger charge is 1.97. The second-order valence-corrected chi connectivity index (χ2v) is 4.48. The van der Waals surface area contributed by atoms with Crippen LogP contribution in [-0.2, 0) is 11.0 Å². The molecule has 1 unspecified atom stereocenters. The molecule has 0 saturated carbocycles. The Kier molecular flexibility index (Phi) is 4.04. The van der Waals surface area contributed by atoms with Crippen molar-refractivity contribution in [2.45, 2.75) is 20.3 Å². The lowest BCUT2D eigenvalue weighted by atomic mass is 10.2. The zero-order chi connectivity index (χ0) is 9.68. The van der Waals surface area contributed by atoms with Gasteiger partial charge in [0.1, 0.15) is 5.75 Å². The highest BCUT2D eigenvalue weighted by molar-refractivity contribution is 7.39. The molecule has 0 aliphatic heterocycles. The van der Waals surface area contributed by atoms with Crippen molar-refractivity contribution in [3.05, 3.63) is 29.8 Å². The van der Waals surface area contributed by atoms with Crippen molar-refractivity contribution in [2.24, 2.45) is 0 Å². The van der Waals surface area contributed by atoms with E-state index in [1.807, 2.05) is 31.2 Å². The molecule has 0 aliphatic rings. The van der Waals surface area contributed by atoms with Gasteiger partial charge in [0.2, 0.25) is 8.03 Å². The molecule has 0 N–H and O–H groups in total. The van der Waals surface area contributed by atoms with Crippen LogP contribution in [0.3, 0.4) is 0 Å². The lowest BCUT2D eigenvalue weighted by Crippen LogP contribution is -1.84. The smallest absolute Gasteiger partial charge is 0.236 e. The maximum absolute atomic E-state index is 11.1. The Morgan fingerprint density at radius 3 is 2.31 bits per heavy atom. The lowest BCUT2D eigenvalue weighted by molar-refractivity contribution is 0.506. The van der Waals surface area contributed by atoms with Crippen molar-refractivity contribution in [2.75, 3.05) is 6.16 Å². The van der Waals surface area contributed by atoms with Gasteiger partial charge in [-0.15, -0.1) is 0 Å². The quantitative estimate of drug-likeness (QED) is 0.695. The van der Waals surface area contributed by atoms with Gasteiger partial charge in [-0.05, 0) is 24.1 Å². The predicted octanol–water partition coefficient (Wildman–Crippen LogP) is 3.12. The molecule has 0 bridgehead atoms. The fourth-order valence-corrected chi connectivity index (χ4v) is 1.54. The van der Waals surface area contributed by atoms with E-state index in [4.69, 9.17) is 4.52 Å². The third kappa shape index (κ3) is 3.23. The third-order valence-electron chi connectivity index (χ3n) is 1.85. The third-order valence-corrected chi connectivity index (χ3v) is 2.89. The summed E-state index contributed by atoms with van der Waals surface area (Å²) < 4.78 is 16.3. The highest BCUT2D eigenvalue weighted by atomic mass is 31.1. The van der Waals surface area contributed by atoms with Crippen molar-refractivity contribution in [1.29, 1.82) is 0 Å². The van der Waals surface area contributed by atoms with Crippen molar-refractivity contribution in [3.63, 3.8) is 0 Å². The lowest BCUT2D eigenvalue weighted by Gasteiger charge is -2.04. The molecule has 1 aromatic rings. The predicted molar refractivity (Wildman–Crippen MR) is 56.0 cm³/mol. The van der Waals surface area contributed by atoms with E-state index in [2.05, 4.69) is 6.92 Å². The molecule has 3 heteroatoms. The Labute approximate surface area is 79.8 Å². The molecule has 0 amide bonds. The number of rotatable bonds is 4. The number of aryl methyl sites for hydroxylation is 1. The molecule has 0 radical (unpaired) electrons. The van der Waals surface area contributed by atoms with Crippen molar-refractivity contribution in [3.8, 4) is 5.75 Å². The van der Waals surface area contributed by atoms with E-state index in [1.54, 1.807) is 0 Å². The zero-order valence-corrected chi connectivity index (χ0v) is 9.04. The van der Waals surface area contributed by atoms with Gasteiger partial charge >= 0.3 is 0 Å². The van der Waals surface area contributed by atoms with Crippen LogP contribution in [0.15, 0.2) is 24.3 Å². The van der Waals surface area contributed by atoms with Crippen LogP contribution in [-0.4, -0.2) is 6.16 Å². The molecule has 13 heavy (non-hydrogen) atoms. The van der Waals surface area contributed by atoms with E-state index in [-0.39, 0.29) is 0 Å². The number of hydrogen-bond acceptors (Lipinski definition) is 2. The SMILES string of the molecule is CCc1ccc(O[PH](=O)CC)cc1. The Bertz CT molecular complexity index is 279. The van der Waals surface area contributed by atoms with Crippen LogP contribution in [0.1, 0.15) is 19.4 Å². The molecule has 1 rings (SSSR count). The minimum absolute atomic E-state index is 0.597. The molecule has 72 valence electrons. The Morgan fingerprint density at radius 1 is 1.23 bits per heavy atom. The van der Waals surface area contributed by atoms with Crippen molar-refractivity contribution in [1.82, 2.24) is 0 Å². The number of benzene rings is 1. The summed E-state index contributed by atoms with van der Waals surface area (Å²) in [5, 5.41) is 0. The van der Waals surface area contributed by atoms with Crippen LogP contribution in [0.5, 0.6) is 5.75 Å². The van der Waals surface area contributed by atoms with Crippen LogP contribution >= 0.6 is 8.03 Å². The number of hydrogen-bond donors (Lipinski definition) is 0. The molecular formula is C10H15O2P. The normalized spacial score (nSPS) is 12.5. The van der Waals surface area contributed by atoms with Crippen LogP contribution in [0.4, 0.5) is 0 Å². The molecule has 0 saturated heterocycles. The van der Waals surface area contributed by atoms with Crippen LogP contribution in [0, 0.1) is 0 Å². The first-order valence-electron chi connectivity index (χ1n) is 4.56. The fourth-order valence-electron chi connectivity index (χ4n) is 0.997. The van der Waals surface area contributed by atoms with Gasteiger partial charge in [0.15, 0.2) is 0 Å². The summed E-state index contributed by atoms with van der Waals surface area (Å²) in [6.07, 6.45) is 1.61. The van der Waals surface area contributed by atoms with Gasteiger partial charge in [0, 0.05) is 6.16 Å². The van der Waals surface area contributed by atoms with E-state index < -0.39 is 8.03 Å². The summed E-state index contributed by atoms with van der Waals surface area (Å²) in [6, 6.07) is 7.74. The first-order valence-corrected chi connectivity index (χ1v) is 6.08. The van der Waals surface area contributed by atoms with Crippen LogP contribution < -0.4 is 4.52 Å². The molecule has 0 aliphatic carbocycles. The average molecular weight is 198 g/mol. The summed E-state index contributed by atoms with van der Waals surface area (Å²) in [5.74, 6) is 0.711. The summed E-state index contributed by atoms with van der Waals surface area (Å²) in [4.78, 5) is 0. The standard InChI is InChI=1S/C10H15O2P/c1-3-9-5-7-10(8-6-9)12-13(11)4-2/h5-8,13H,3-4H2,1-2H3. The summed E-state index contributed by atoms with van der Waals surface area (Å²) in [5.41, 5.74) is 1.27. The van der Waals surface area contributed by atoms with E-state index in [0.29, 0.717) is 11.9 Å². The monoisotopic (exact) mass is 198 g/mol. The van der Waals surface area contributed by atoms with Gasteiger partial charge in [0.25, 0.3) is 0 Å². The van der Waals surface area contributed by atoms with Crippen molar-refractivity contribution >= 4 is 8.03 Å². The molecule has 0 fully saturated rings. The Hall–Kier alpha value is -0.750. The molecule has 1 atom stereocenters. The molecule has 2 nitrogen and oxygen atoms in total. The average Bonchev–Trinajstić information content (AvgIpc) is 2.19. The molecule has 0 spiro atoms. The summed E-state index contributed by atoms with van der Waals surface area (Å²) in [7, 11) is -1.85. The molecule has 1 aromatic carbocycles. The summed E-state index contributed by atoms with van der Waals surface area (Å²) in [6.45, 7) is 3.96. The highest BCUT2D eigenvalue weighted by Crippen LogP contribution is 2.26. The van der Waals surface area contributed by atoms with E-state index in [0.717, 1.165) is 6.42 Å². The maximum atomic E-state index is 11.1. The minimum Gasteiger partial charge on any atom is -0.445 e. The van der Waals surface area contributed by atoms with Gasteiger partial charge in [-0.1, -0.05) is 26.0 Å². The second-order valence-electron chi connectivity index (χ2n) is 2.83. The summed E-state index contributed by atoms with van der Waals surface area (Å²) >= 11 is 0. The minimum atomic E-state index is -1.85. The van der Waals surface area contributed by atoms with Gasteiger partial charge in [-0.3, -0.25) is 4.57 Å². The largest absolute Gasteiger partial charge is 0.445 e. The first kappa shape index (κ1) is 10.3. The van der Waals surface area contributed by atoms with E-state index in [9.17, 15) is 4.57 Å². The molecule has 0 aromatic heterocycles. The topological polar surface area (TPSA) is 26.3 Å². The van der Waals surface area contributed by atoms with Gasteiger partial charge < -0.3 is 4.52 Å². The van der Waals surface area contributed by atoms with Crippen LogP contribution in [0.25, 0.3) is 0 Å². The van der Waals surface area contributed by atoms with E-state index >= 15 is 0 Å². The molecular weight excluding hydrogens is 183 g/mol. The van der Waals surface area contributed by atoms with Gasteiger partial charge in [0.05, 0.1) is 0 Å². The van der Waals surface area contributed by atoms with E-state index in [1.165, 1.54) is 5.56 Å².